The van der Waals surface area contributed by atoms with Crippen LogP contribution in [0.15, 0.2) is 66.7 Å². The summed E-state index contributed by atoms with van der Waals surface area (Å²) in [6, 6.07) is 17.9. The minimum Gasteiger partial charge on any atom is -0.319 e. The van der Waals surface area contributed by atoms with Gasteiger partial charge in [-0.25, -0.2) is 14.1 Å². The van der Waals surface area contributed by atoms with Crippen molar-refractivity contribution in [2.45, 2.75) is 6.92 Å². The number of benzene rings is 3. The van der Waals surface area contributed by atoms with E-state index in [9.17, 15) is 9.18 Å². The Balaban J connectivity index is 1.76. The van der Waals surface area contributed by atoms with Crippen LogP contribution in [0.3, 0.4) is 0 Å². The second kappa shape index (κ2) is 8.26. The first-order chi connectivity index (χ1) is 14.4. The van der Waals surface area contributed by atoms with Crippen LogP contribution in [0, 0.1) is 12.7 Å². The van der Waals surface area contributed by atoms with E-state index < -0.39 is 5.91 Å². The molecule has 0 bridgehead atoms. The molecule has 0 saturated heterocycles. The molecule has 1 heterocycles. The van der Waals surface area contributed by atoms with Gasteiger partial charge >= 0.3 is 0 Å². The average Bonchev–Trinajstić information content (AvgIpc) is 3.17. The zero-order valence-corrected chi connectivity index (χ0v) is 17.2. The molecule has 0 atom stereocenters. The summed E-state index contributed by atoms with van der Waals surface area (Å²) in [4.78, 5) is 17.2. The zero-order valence-electron chi connectivity index (χ0n) is 15.7. The lowest BCUT2D eigenvalue weighted by molar-refractivity contribution is 0.101. The second-order valence-electron chi connectivity index (χ2n) is 6.57. The molecule has 150 valence electrons. The van der Waals surface area contributed by atoms with Crippen LogP contribution in [0.4, 0.5) is 10.1 Å². The fraction of sp³-hybridized carbons (Fsp3) is 0.0455. The molecule has 0 spiro atoms. The molecule has 0 unspecified atom stereocenters. The lowest BCUT2D eigenvalue weighted by Gasteiger charge is -2.07. The normalized spacial score (nSPS) is 10.8. The molecule has 1 N–H and O–H groups in total. The van der Waals surface area contributed by atoms with Crippen molar-refractivity contribution in [1.29, 1.82) is 0 Å². The molecule has 5 nitrogen and oxygen atoms in total. The van der Waals surface area contributed by atoms with Crippen molar-refractivity contribution in [3.63, 3.8) is 0 Å². The second-order valence-corrected chi connectivity index (χ2v) is 7.44. The highest BCUT2D eigenvalue weighted by atomic mass is 35.5. The lowest BCUT2D eigenvalue weighted by atomic mass is 10.2. The number of carbonyl (C=O) groups excluding carboxylic acids is 1. The molecular weight excluding hydrogens is 426 g/mol. The van der Waals surface area contributed by atoms with Crippen molar-refractivity contribution < 1.29 is 9.18 Å². The summed E-state index contributed by atoms with van der Waals surface area (Å²) < 4.78 is 14.9. The van der Waals surface area contributed by atoms with Gasteiger partial charge in [0.05, 0.1) is 5.69 Å². The van der Waals surface area contributed by atoms with Crippen LogP contribution in [0.25, 0.3) is 17.1 Å². The molecule has 0 aliphatic heterocycles. The number of halogens is 3. The van der Waals surface area contributed by atoms with Crippen molar-refractivity contribution in [2.24, 2.45) is 0 Å². The minimum absolute atomic E-state index is 0.0383. The van der Waals surface area contributed by atoms with Crippen LogP contribution in [-0.4, -0.2) is 20.7 Å². The van der Waals surface area contributed by atoms with E-state index in [1.54, 1.807) is 48.5 Å². The number of aromatic nitrogens is 3. The smallest absolute Gasteiger partial charge is 0.295 e. The van der Waals surface area contributed by atoms with Gasteiger partial charge in [-0.05, 0) is 73.2 Å². The first kappa shape index (κ1) is 20.1. The molecule has 0 aliphatic carbocycles. The molecular formula is C22H15Cl2FN4O. The number of nitrogens with zero attached hydrogens (tertiary/aromatic N) is 3. The Hall–Kier alpha value is -3.22. The molecule has 3 aromatic carbocycles. The van der Waals surface area contributed by atoms with E-state index in [2.05, 4.69) is 15.4 Å². The van der Waals surface area contributed by atoms with E-state index in [0.29, 0.717) is 32.8 Å². The van der Waals surface area contributed by atoms with Crippen LogP contribution in [0.2, 0.25) is 10.0 Å². The van der Waals surface area contributed by atoms with Gasteiger partial charge in [-0.15, -0.1) is 5.10 Å². The van der Waals surface area contributed by atoms with E-state index in [-0.39, 0.29) is 11.6 Å². The summed E-state index contributed by atoms with van der Waals surface area (Å²) in [6.07, 6.45) is 0. The summed E-state index contributed by atoms with van der Waals surface area (Å²) in [5.74, 6) is -0.504. The van der Waals surface area contributed by atoms with Crippen LogP contribution >= 0.6 is 23.2 Å². The van der Waals surface area contributed by atoms with Crippen molar-refractivity contribution in [3.8, 4) is 17.1 Å². The number of anilines is 1. The van der Waals surface area contributed by atoms with Gasteiger partial charge in [-0.2, -0.15) is 0 Å². The quantitative estimate of drug-likeness (QED) is 0.426. The monoisotopic (exact) mass is 440 g/mol. The highest BCUT2D eigenvalue weighted by Crippen LogP contribution is 2.24. The lowest BCUT2D eigenvalue weighted by Crippen LogP contribution is -2.15. The first-order valence-electron chi connectivity index (χ1n) is 8.97. The third kappa shape index (κ3) is 4.20. The van der Waals surface area contributed by atoms with Gasteiger partial charge in [0.25, 0.3) is 5.91 Å². The van der Waals surface area contributed by atoms with E-state index in [1.807, 2.05) is 13.0 Å². The number of hydrogen-bond donors (Lipinski definition) is 1. The summed E-state index contributed by atoms with van der Waals surface area (Å²) >= 11 is 12.0. The van der Waals surface area contributed by atoms with Crippen molar-refractivity contribution in [2.75, 3.05) is 5.32 Å². The molecule has 8 heteroatoms. The molecule has 0 saturated carbocycles. The van der Waals surface area contributed by atoms with E-state index in [0.717, 1.165) is 5.56 Å². The van der Waals surface area contributed by atoms with Crippen LogP contribution in [0.5, 0.6) is 0 Å². The Bertz CT molecular complexity index is 1160. The minimum atomic E-state index is -0.489. The van der Waals surface area contributed by atoms with E-state index in [1.165, 1.54) is 16.8 Å². The van der Waals surface area contributed by atoms with Crippen LogP contribution in [-0.2, 0) is 0 Å². The van der Waals surface area contributed by atoms with Gasteiger partial charge in [0.2, 0.25) is 5.82 Å². The first-order valence-corrected chi connectivity index (χ1v) is 9.73. The molecule has 0 fully saturated rings. The van der Waals surface area contributed by atoms with Gasteiger partial charge in [-0.1, -0.05) is 29.3 Å². The van der Waals surface area contributed by atoms with Gasteiger partial charge < -0.3 is 5.32 Å². The Morgan fingerprint density at radius 1 is 0.967 bits per heavy atom. The Morgan fingerprint density at radius 2 is 1.63 bits per heavy atom. The van der Waals surface area contributed by atoms with Crippen molar-refractivity contribution in [3.05, 3.63) is 94.0 Å². The van der Waals surface area contributed by atoms with Gasteiger partial charge in [0.1, 0.15) is 5.82 Å². The van der Waals surface area contributed by atoms with Gasteiger partial charge in [-0.3, -0.25) is 4.79 Å². The number of amides is 1. The number of hydrogen-bond acceptors (Lipinski definition) is 3. The SMILES string of the molecule is Cc1ccc(Cl)cc1NC(=O)c1nc(-c2ccc(F)cc2)n(-c2ccc(Cl)cc2)n1. The summed E-state index contributed by atoms with van der Waals surface area (Å²) in [5, 5.41) is 8.24. The van der Waals surface area contributed by atoms with E-state index >= 15 is 0 Å². The van der Waals surface area contributed by atoms with Crippen LogP contribution in [0.1, 0.15) is 16.2 Å². The highest BCUT2D eigenvalue weighted by Gasteiger charge is 2.19. The predicted octanol–water partition coefficient (Wildman–Crippen LogP) is 5.94. The predicted molar refractivity (Wildman–Crippen MR) is 116 cm³/mol. The highest BCUT2D eigenvalue weighted by molar-refractivity contribution is 6.31. The molecule has 0 aliphatic rings. The topological polar surface area (TPSA) is 59.8 Å². The van der Waals surface area contributed by atoms with Crippen molar-refractivity contribution >= 4 is 34.8 Å². The zero-order chi connectivity index (χ0) is 21.3. The maximum absolute atomic E-state index is 13.4. The number of aryl methyl sites for hydroxylation is 1. The van der Waals surface area contributed by atoms with Gasteiger partial charge in [0.15, 0.2) is 5.82 Å². The molecule has 4 aromatic rings. The molecule has 1 aromatic heterocycles. The van der Waals surface area contributed by atoms with Crippen molar-refractivity contribution in [1.82, 2.24) is 14.8 Å². The number of rotatable bonds is 4. The third-order valence-electron chi connectivity index (χ3n) is 4.43. The third-order valence-corrected chi connectivity index (χ3v) is 4.92. The maximum atomic E-state index is 13.4. The van der Waals surface area contributed by atoms with Crippen LogP contribution < -0.4 is 5.32 Å². The fourth-order valence-corrected chi connectivity index (χ4v) is 3.16. The summed E-state index contributed by atoms with van der Waals surface area (Å²) in [5.41, 5.74) is 2.68. The Morgan fingerprint density at radius 3 is 2.33 bits per heavy atom. The summed E-state index contributed by atoms with van der Waals surface area (Å²) in [6.45, 7) is 1.86. The fourth-order valence-electron chi connectivity index (χ4n) is 2.86. The van der Waals surface area contributed by atoms with E-state index in [4.69, 9.17) is 23.2 Å². The molecule has 1 amide bonds. The molecule has 4 rings (SSSR count). The average molecular weight is 441 g/mol. The molecule has 30 heavy (non-hydrogen) atoms. The Kier molecular flexibility index (Phi) is 5.53. The Labute approximate surface area is 182 Å². The van der Waals surface area contributed by atoms with Gasteiger partial charge in [0, 0.05) is 21.3 Å². The molecule has 0 radical (unpaired) electrons. The summed E-state index contributed by atoms with van der Waals surface area (Å²) in [7, 11) is 0. The number of carbonyl (C=O) groups is 1. The number of nitrogens with one attached hydrogen (secondary N) is 1. The maximum Gasteiger partial charge on any atom is 0.295 e. The largest absolute Gasteiger partial charge is 0.319 e. The standard InChI is InChI=1S/C22H15Cl2FN4O/c1-13-2-5-16(24)12-19(13)26-22(30)20-27-21(14-3-8-17(25)9-4-14)29(28-20)18-10-6-15(23)7-11-18/h2-12H,1H3,(H,26,30).